The highest BCUT2D eigenvalue weighted by atomic mass is 35.5. The fourth-order valence-corrected chi connectivity index (χ4v) is 2.83. The Morgan fingerprint density at radius 2 is 2.00 bits per heavy atom. The van der Waals surface area contributed by atoms with Crippen LogP contribution in [0.5, 0.6) is 5.75 Å². The summed E-state index contributed by atoms with van der Waals surface area (Å²) in [5, 5.41) is 6.06. The summed E-state index contributed by atoms with van der Waals surface area (Å²) in [4.78, 5) is 24.1. The molecule has 0 aliphatic carbocycles. The van der Waals surface area contributed by atoms with Gasteiger partial charge in [-0.3, -0.25) is 9.59 Å². The standard InChI is InChI=1S/C19H19ClN2O3/c20-14-8-9-16-15(11-14)22-19(24)17(25-16)12-18(23)21-10-4-7-13-5-2-1-3-6-13/h1-3,5-6,8-9,11,17H,4,7,10,12H2,(H,21,23)(H,22,24). The Morgan fingerprint density at radius 3 is 2.80 bits per heavy atom. The summed E-state index contributed by atoms with van der Waals surface area (Å²) >= 11 is 5.89. The van der Waals surface area contributed by atoms with Crippen LogP contribution in [0.3, 0.4) is 0 Å². The molecule has 6 heteroatoms. The van der Waals surface area contributed by atoms with Gasteiger partial charge in [-0.25, -0.2) is 0 Å². The van der Waals surface area contributed by atoms with E-state index in [-0.39, 0.29) is 18.2 Å². The van der Waals surface area contributed by atoms with Gasteiger partial charge >= 0.3 is 0 Å². The third kappa shape index (κ3) is 4.73. The van der Waals surface area contributed by atoms with Crippen molar-refractivity contribution in [1.82, 2.24) is 5.32 Å². The van der Waals surface area contributed by atoms with Crippen molar-refractivity contribution in [1.29, 1.82) is 0 Å². The van der Waals surface area contributed by atoms with E-state index in [1.54, 1.807) is 18.2 Å². The molecule has 0 bridgehead atoms. The van der Waals surface area contributed by atoms with Crippen molar-refractivity contribution in [2.75, 3.05) is 11.9 Å². The monoisotopic (exact) mass is 358 g/mol. The van der Waals surface area contributed by atoms with Gasteiger partial charge in [-0.15, -0.1) is 0 Å². The lowest BCUT2D eigenvalue weighted by molar-refractivity contribution is -0.130. The van der Waals surface area contributed by atoms with E-state index in [4.69, 9.17) is 16.3 Å². The topological polar surface area (TPSA) is 67.4 Å². The number of hydrogen-bond acceptors (Lipinski definition) is 3. The summed E-state index contributed by atoms with van der Waals surface area (Å²) in [6.45, 7) is 0.564. The zero-order valence-electron chi connectivity index (χ0n) is 13.6. The molecule has 2 N–H and O–H groups in total. The fraction of sp³-hybridized carbons (Fsp3) is 0.263. The first kappa shape index (κ1) is 17.3. The van der Waals surface area contributed by atoms with Gasteiger partial charge in [0.2, 0.25) is 5.91 Å². The van der Waals surface area contributed by atoms with Gasteiger partial charge in [0, 0.05) is 11.6 Å². The molecule has 2 amide bonds. The van der Waals surface area contributed by atoms with Crippen LogP contribution in [0.1, 0.15) is 18.4 Å². The van der Waals surface area contributed by atoms with Crippen LogP contribution in [0.25, 0.3) is 0 Å². The molecule has 0 saturated heterocycles. The summed E-state index contributed by atoms with van der Waals surface area (Å²) in [6.07, 6.45) is 0.895. The highest BCUT2D eigenvalue weighted by Crippen LogP contribution is 2.32. The lowest BCUT2D eigenvalue weighted by atomic mass is 10.1. The molecular weight excluding hydrogens is 340 g/mol. The van der Waals surface area contributed by atoms with Crippen molar-refractivity contribution in [3.63, 3.8) is 0 Å². The number of nitrogens with one attached hydrogen (secondary N) is 2. The highest BCUT2D eigenvalue weighted by Gasteiger charge is 2.29. The minimum Gasteiger partial charge on any atom is -0.478 e. The fourth-order valence-electron chi connectivity index (χ4n) is 2.66. The van der Waals surface area contributed by atoms with E-state index in [0.717, 1.165) is 12.8 Å². The van der Waals surface area contributed by atoms with Crippen LogP contribution in [-0.2, 0) is 16.0 Å². The second-order valence-electron chi connectivity index (χ2n) is 5.88. The van der Waals surface area contributed by atoms with E-state index >= 15 is 0 Å². The molecule has 0 spiro atoms. The molecule has 2 aromatic rings. The Morgan fingerprint density at radius 1 is 1.20 bits per heavy atom. The Balaban J connectivity index is 1.45. The number of hydrogen-bond donors (Lipinski definition) is 2. The minimum atomic E-state index is -0.831. The molecule has 1 atom stereocenters. The molecule has 0 fully saturated rings. The van der Waals surface area contributed by atoms with Crippen LogP contribution in [0.15, 0.2) is 48.5 Å². The Kier molecular flexibility index (Phi) is 5.56. The second-order valence-corrected chi connectivity index (χ2v) is 6.32. The first-order chi connectivity index (χ1) is 12.1. The summed E-state index contributed by atoms with van der Waals surface area (Å²) in [6, 6.07) is 15.1. The van der Waals surface area contributed by atoms with Crippen LogP contribution in [0.4, 0.5) is 5.69 Å². The average molecular weight is 359 g/mol. The molecule has 5 nitrogen and oxygen atoms in total. The first-order valence-electron chi connectivity index (χ1n) is 8.19. The van der Waals surface area contributed by atoms with E-state index in [1.807, 2.05) is 18.2 Å². The van der Waals surface area contributed by atoms with Gasteiger partial charge < -0.3 is 15.4 Å². The number of benzene rings is 2. The number of halogens is 1. The Bertz CT molecular complexity index is 765. The molecule has 1 aliphatic rings. The third-order valence-electron chi connectivity index (χ3n) is 3.94. The van der Waals surface area contributed by atoms with Gasteiger partial charge in [0.05, 0.1) is 12.1 Å². The molecular formula is C19H19ClN2O3. The van der Waals surface area contributed by atoms with Gasteiger partial charge in [0.1, 0.15) is 5.75 Å². The van der Waals surface area contributed by atoms with E-state index in [2.05, 4.69) is 22.8 Å². The van der Waals surface area contributed by atoms with Gasteiger partial charge in [-0.2, -0.15) is 0 Å². The largest absolute Gasteiger partial charge is 0.478 e. The number of carbonyl (C=O) groups is 2. The van der Waals surface area contributed by atoms with E-state index in [0.29, 0.717) is 23.0 Å². The normalized spacial score (nSPS) is 15.7. The van der Waals surface area contributed by atoms with Gasteiger partial charge in [0.15, 0.2) is 6.10 Å². The van der Waals surface area contributed by atoms with Gasteiger partial charge in [-0.1, -0.05) is 41.9 Å². The number of amides is 2. The van der Waals surface area contributed by atoms with Crippen molar-refractivity contribution in [3.8, 4) is 5.75 Å². The number of fused-ring (bicyclic) bond motifs is 1. The lowest BCUT2D eigenvalue weighted by Crippen LogP contribution is -2.41. The summed E-state index contributed by atoms with van der Waals surface area (Å²) in [5.74, 6) is -0.0225. The summed E-state index contributed by atoms with van der Waals surface area (Å²) < 4.78 is 5.61. The second kappa shape index (κ2) is 8.03. The van der Waals surface area contributed by atoms with E-state index < -0.39 is 6.10 Å². The molecule has 0 radical (unpaired) electrons. The minimum absolute atomic E-state index is 0.0146. The number of rotatable bonds is 6. The maximum atomic E-state index is 12.1. The quantitative estimate of drug-likeness (QED) is 0.779. The molecule has 130 valence electrons. The van der Waals surface area contributed by atoms with Crippen LogP contribution in [0, 0.1) is 0 Å². The molecule has 1 unspecified atom stereocenters. The maximum absolute atomic E-state index is 12.1. The highest BCUT2D eigenvalue weighted by molar-refractivity contribution is 6.31. The maximum Gasteiger partial charge on any atom is 0.266 e. The summed E-state index contributed by atoms with van der Waals surface area (Å²) in [7, 11) is 0. The first-order valence-corrected chi connectivity index (χ1v) is 8.57. The molecule has 3 rings (SSSR count). The summed E-state index contributed by atoms with van der Waals surface area (Å²) in [5.41, 5.74) is 1.76. The lowest BCUT2D eigenvalue weighted by Gasteiger charge is -2.25. The van der Waals surface area contributed by atoms with Crippen molar-refractivity contribution in [2.24, 2.45) is 0 Å². The zero-order chi connectivity index (χ0) is 17.6. The smallest absolute Gasteiger partial charge is 0.266 e. The molecule has 0 saturated carbocycles. The van der Waals surface area contributed by atoms with Crippen LogP contribution < -0.4 is 15.4 Å². The number of anilines is 1. The molecule has 0 aromatic heterocycles. The number of carbonyl (C=O) groups excluding carboxylic acids is 2. The Labute approximate surface area is 151 Å². The van der Waals surface area contributed by atoms with Crippen molar-refractivity contribution < 1.29 is 14.3 Å². The molecule has 25 heavy (non-hydrogen) atoms. The molecule has 1 heterocycles. The van der Waals surface area contributed by atoms with E-state index in [1.165, 1.54) is 5.56 Å². The predicted octanol–water partition coefficient (Wildman–Crippen LogP) is 3.18. The van der Waals surface area contributed by atoms with Crippen molar-refractivity contribution >= 4 is 29.1 Å². The molecule has 2 aromatic carbocycles. The van der Waals surface area contributed by atoms with Crippen molar-refractivity contribution in [2.45, 2.75) is 25.4 Å². The van der Waals surface area contributed by atoms with Crippen LogP contribution in [-0.4, -0.2) is 24.5 Å². The van der Waals surface area contributed by atoms with E-state index in [9.17, 15) is 9.59 Å². The van der Waals surface area contributed by atoms with Gasteiger partial charge in [0.25, 0.3) is 5.91 Å². The zero-order valence-corrected chi connectivity index (χ0v) is 14.4. The average Bonchev–Trinajstić information content (AvgIpc) is 2.60. The predicted molar refractivity (Wildman–Crippen MR) is 96.9 cm³/mol. The van der Waals surface area contributed by atoms with Gasteiger partial charge in [-0.05, 0) is 36.6 Å². The SMILES string of the molecule is O=C(CC1Oc2ccc(Cl)cc2NC1=O)NCCCc1ccccc1. The van der Waals surface area contributed by atoms with Crippen LogP contribution >= 0.6 is 11.6 Å². The van der Waals surface area contributed by atoms with Crippen molar-refractivity contribution in [3.05, 3.63) is 59.1 Å². The number of ether oxygens (including phenoxy) is 1. The Hall–Kier alpha value is -2.53. The number of aryl methyl sites for hydroxylation is 1. The molecule has 1 aliphatic heterocycles. The van der Waals surface area contributed by atoms with Crippen LogP contribution in [0.2, 0.25) is 5.02 Å². The third-order valence-corrected chi connectivity index (χ3v) is 4.17.